The molecule has 1 heterocycles. The van der Waals surface area contributed by atoms with E-state index in [-0.39, 0.29) is 30.3 Å². The first kappa shape index (κ1) is 17.3. The number of benzene rings is 1. The molecular formula is C15H22ClN3O2. The van der Waals surface area contributed by atoms with Crippen molar-refractivity contribution in [2.75, 3.05) is 18.8 Å². The van der Waals surface area contributed by atoms with Crippen molar-refractivity contribution in [2.24, 2.45) is 0 Å². The molecule has 1 aromatic rings. The lowest BCUT2D eigenvalue weighted by molar-refractivity contribution is -0.127. The van der Waals surface area contributed by atoms with Crippen LogP contribution in [0, 0.1) is 6.92 Å². The van der Waals surface area contributed by atoms with Crippen LogP contribution in [0.5, 0.6) is 0 Å². The summed E-state index contributed by atoms with van der Waals surface area (Å²) in [6, 6.07) is 5.21. The van der Waals surface area contributed by atoms with Crippen molar-refractivity contribution in [1.29, 1.82) is 0 Å². The summed E-state index contributed by atoms with van der Waals surface area (Å²) in [7, 11) is 0. The quantitative estimate of drug-likeness (QED) is 0.832. The van der Waals surface area contributed by atoms with Gasteiger partial charge in [-0.15, -0.1) is 12.4 Å². The number of aryl methyl sites for hydroxylation is 1. The SMILES string of the molecule is Cc1ccc(N)cc1C(=O)NC(C)CN1CCCC1=O.Cl. The van der Waals surface area contributed by atoms with E-state index in [2.05, 4.69) is 5.32 Å². The third-order valence-electron chi connectivity index (χ3n) is 3.55. The molecule has 1 aliphatic rings. The number of anilines is 1. The molecule has 1 atom stereocenters. The molecule has 0 saturated carbocycles. The van der Waals surface area contributed by atoms with E-state index in [1.54, 1.807) is 17.0 Å². The Morgan fingerprint density at radius 1 is 1.48 bits per heavy atom. The van der Waals surface area contributed by atoms with Gasteiger partial charge in [-0.2, -0.15) is 0 Å². The average Bonchev–Trinajstić information content (AvgIpc) is 2.77. The molecule has 1 aromatic carbocycles. The summed E-state index contributed by atoms with van der Waals surface area (Å²) in [5.74, 6) is 0.0279. The molecule has 1 fully saturated rings. The Kier molecular flexibility index (Phi) is 6.03. The van der Waals surface area contributed by atoms with Crippen molar-refractivity contribution >= 4 is 29.9 Å². The maximum atomic E-state index is 12.2. The van der Waals surface area contributed by atoms with Gasteiger partial charge in [-0.1, -0.05) is 6.07 Å². The molecule has 2 amide bonds. The van der Waals surface area contributed by atoms with E-state index >= 15 is 0 Å². The molecule has 1 saturated heterocycles. The van der Waals surface area contributed by atoms with Crippen molar-refractivity contribution in [3.63, 3.8) is 0 Å². The van der Waals surface area contributed by atoms with E-state index in [1.807, 2.05) is 19.9 Å². The number of rotatable bonds is 4. The molecule has 5 nitrogen and oxygen atoms in total. The number of carbonyl (C=O) groups excluding carboxylic acids is 2. The summed E-state index contributed by atoms with van der Waals surface area (Å²) in [5, 5.41) is 2.92. The van der Waals surface area contributed by atoms with E-state index in [0.29, 0.717) is 24.2 Å². The first-order chi connectivity index (χ1) is 9.47. The van der Waals surface area contributed by atoms with Crippen LogP contribution in [0.1, 0.15) is 35.7 Å². The molecule has 1 unspecified atom stereocenters. The van der Waals surface area contributed by atoms with Crippen molar-refractivity contribution in [3.8, 4) is 0 Å². The minimum Gasteiger partial charge on any atom is -0.399 e. The van der Waals surface area contributed by atoms with Crippen LogP contribution in [0.2, 0.25) is 0 Å². The van der Waals surface area contributed by atoms with E-state index in [4.69, 9.17) is 5.73 Å². The third kappa shape index (κ3) is 4.36. The number of likely N-dealkylation sites (tertiary alicyclic amines) is 1. The van der Waals surface area contributed by atoms with Gasteiger partial charge in [0.25, 0.3) is 5.91 Å². The maximum absolute atomic E-state index is 12.2. The molecule has 2 rings (SSSR count). The lowest BCUT2D eigenvalue weighted by atomic mass is 10.1. The van der Waals surface area contributed by atoms with Gasteiger partial charge in [-0.05, 0) is 38.0 Å². The number of nitrogens with one attached hydrogen (secondary N) is 1. The van der Waals surface area contributed by atoms with Crippen LogP contribution < -0.4 is 11.1 Å². The fourth-order valence-corrected chi connectivity index (χ4v) is 2.46. The minimum atomic E-state index is -0.144. The Morgan fingerprint density at radius 3 is 2.81 bits per heavy atom. The second-order valence-corrected chi connectivity index (χ2v) is 5.39. The zero-order valence-electron chi connectivity index (χ0n) is 12.4. The second kappa shape index (κ2) is 7.31. The lowest BCUT2D eigenvalue weighted by Crippen LogP contribution is -2.42. The van der Waals surface area contributed by atoms with Gasteiger partial charge in [-0.3, -0.25) is 9.59 Å². The Balaban J connectivity index is 0.00000220. The minimum absolute atomic E-state index is 0. The Bertz CT molecular complexity index is 534. The molecule has 0 radical (unpaired) electrons. The number of carbonyl (C=O) groups is 2. The number of nitrogen functional groups attached to an aromatic ring is 1. The topological polar surface area (TPSA) is 75.4 Å². The zero-order chi connectivity index (χ0) is 14.7. The molecule has 0 aliphatic carbocycles. The molecule has 0 spiro atoms. The number of amides is 2. The number of halogens is 1. The molecule has 1 aliphatic heterocycles. The second-order valence-electron chi connectivity index (χ2n) is 5.39. The number of nitrogens with zero attached hydrogens (tertiary/aromatic N) is 1. The summed E-state index contributed by atoms with van der Waals surface area (Å²) >= 11 is 0. The molecule has 0 aromatic heterocycles. The summed E-state index contributed by atoms with van der Waals surface area (Å²) in [6.45, 7) is 5.14. The van der Waals surface area contributed by atoms with Gasteiger partial charge < -0.3 is 16.0 Å². The van der Waals surface area contributed by atoms with Crippen LogP contribution in [0.3, 0.4) is 0 Å². The normalized spacial score (nSPS) is 15.5. The highest BCUT2D eigenvalue weighted by molar-refractivity contribution is 5.96. The molecule has 116 valence electrons. The summed E-state index contributed by atoms with van der Waals surface area (Å²) in [4.78, 5) is 25.6. The highest BCUT2D eigenvalue weighted by atomic mass is 35.5. The van der Waals surface area contributed by atoms with Crippen LogP contribution in [-0.2, 0) is 4.79 Å². The summed E-state index contributed by atoms with van der Waals surface area (Å²) in [6.07, 6.45) is 1.53. The Morgan fingerprint density at radius 2 is 2.19 bits per heavy atom. The molecule has 6 heteroatoms. The largest absolute Gasteiger partial charge is 0.399 e. The van der Waals surface area contributed by atoms with Gasteiger partial charge in [-0.25, -0.2) is 0 Å². The van der Waals surface area contributed by atoms with Crippen molar-refractivity contribution in [3.05, 3.63) is 29.3 Å². The standard InChI is InChI=1S/C15H21N3O2.ClH/c1-10-5-6-12(16)8-13(10)15(20)17-11(2)9-18-7-3-4-14(18)19;/h5-6,8,11H,3-4,7,9,16H2,1-2H3,(H,17,20);1H. The van der Waals surface area contributed by atoms with Gasteiger partial charge in [0, 0.05) is 36.8 Å². The van der Waals surface area contributed by atoms with Gasteiger partial charge in [0.2, 0.25) is 5.91 Å². The van der Waals surface area contributed by atoms with Crippen LogP contribution in [-0.4, -0.2) is 35.8 Å². The first-order valence-electron chi connectivity index (χ1n) is 6.92. The first-order valence-corrected chi connectivity index (χ1v) is 6.92. The van der Waals surface area contributed by atoms with Gasteiger partial charge in [0.1, 0.15) is 0 Å². The van der Waals surface area contributed by atoms with Crippen LogP contribution in [0.25, 0.3) is 0 Å². The van der Waals surface area contributed by atoms with Gasteiger partial charge in [0.05, 0.1) is 0 Å². The Hall–Kier alpha value is -1.75. The highest BCUT2D eigenvalue weighted by Crippen LogP contribution is 2.13. The number of hydrogen-bond acceptors (Lipinski definition) is 3. The maximum Gasteiger partial charge on any atom is 0.251 e. The van der Waals surface area contributed by atoms with Crippen LogP contribution in [0.15, 0.2) is 18.2 Å². The van der Waals surface area contributed by atoms with E-state index < -0.39 is 0 Å². The van der Waals surface area contributed by atoms with E-state index in [1.165, 1.54) is 0 Å². The van der Waals surface area contributed by atoms with Crippen molar-refractivity contribution < 1.29 is 9.59 Å². The lowest BCUT2D eigenvalue weighted by Gasteiger charge is -2.22. The summed E-state index contributed by atoms with van der Waals surface area (Å²) < 4.78 is 0. The van der Waals surface area contributed by atoms with Crippen LogP contribution >= 0.6 is 12.4 Å². The predicted octanol–water partition coefficient (Wildman–Crippen LogP) is 1.74. The van der Waals surface area contributed by atoms with Crippen molar-refractivity contribution in [1.82, 2.24) is 10.2 Å². The molecule has 0 bridgehead atoms. The van der Waals surface area contributed by atoms with Crippen LogP contribution in [0.4, 0.5) is 5.69 Å². The van der Waals surface area contributed by atoms with E-state index in [0.717, 1.165) is 18.5 Å². The van der Waals surface area contributed by atoms with Crippen molar-refractivity contribution in [2.45, 2.75) is 32.7 Å². The Labute approximate surface area is 131 Å². The van der Waals surface area contributed by atoms with E-state index in [9.17, 15) is 9.59 Å². The molecular weight excluding hydrogens is 290 g/mol. The van der Waals surface area contributed by atoms with Gasteiger partial charge >= 0.3 is 0 Å². The third-order valence-corrected chi connectivity index (χ3v) is 3.55. The molecule has 21 heavy (non-hydrogen) atoms. The number of hydrogen-bond donors (Lipinski definition) is 2. The summed E-state index contributed by atoms with van der Waals surface area (Å²) in [5.41, 5.74) is 7.76. The fourth-order valence-electron chi connectivity index (χ4n) is 2.46. The predicted molar refractivity (Wildman–Crippen MR) is 85.6 cm³/mol. The number of nitrogens with two attached hydrogens (primary N) is 1. The average molecular weight is 312 g/mol. The monoisotopic (exact) mass is 311 g/mol. The molecule has 3 N–H and O–H groups in total. The smallest absolute Gasteiger partial charge is 0.251 e. The van der Waals surface area contributed by atoms with Gasteiger partial charge in [0.15, 0.2) is 0 Å². The zero-order valence-corrected chi connectivity index (χ0v) is 13.2. The highest BCUT2D eigenvalue weighted by Gasteiger charge is 2.22. The fraction of sp³-hybridized carbons (Fsp3) is 0.467.